The third-order valence-electron chi connectivity index (χ3n) is 3.67. The van der Waals surface area contributed by atoms with Crippen molar-refractivity contribution in [3.8, 4) is 0 Å². The fourth-order valence-electron chi connectivity index (χ4n) is 2.00. The Morgan fingerprint density at radius 2 is 2.11 bits per heavy atom. The molecule has 1 aromatic carbocycles. The van der Waals surface area contributed by atoms with Crippen molar-refractivity contribution in [1.29, 1.82) is 0 Å². The fourth-order valence-corrected chi connectivity index (χ4v) is 2.00. The number of benzene rings is 1. The van der Waals surface area contributed by atoms with Gasteiger partial charge in [-0.2, -0.15) is 0 Å². The standard InChI is InChI=1S/C14H20N4O/c1-10(14(3,4)9-15-11(2)19)18-13-8-6-5-7-12(13)16-17-18/h5-8,10H,9H2,1-4H3,(H,15,19). The van der Waals surface area contributed by atoms with Gasteiger partial charge in [0.05, 0.1) is 11.6 Å². The lowest BCUT2D eigenvalue weighted by molar-refractivity contribution is -0.119. The zero-order valence-corrected chi connectivity index (χ0v) is 11.8. The molecule has 1 unspecified atom stereocenters. The average Bonchev–Trinajstić information content (AvgIpc) is 2.79. The van der Waals surface area contributed by atoms with E-state index in [0.717, 1.165) is 11.0 Å². The second kappa shape index (κ2) is 4.99. The molecule has 19 heavy (non-hydrogen) atoms. The van der Waals surface area contributed by atoms with Crippen molar-refractivity contribution in [2.24, 2.45) is 5.41 Å². The van der Waals surface area contributed by atoms with Crippen molar-refractivity contribution in [3.05, 3.63) is 24.3 Å². The molecule has 0 saturated carbocycles. The monoisotopic (exact) mass is 260 g/mol. The van der Waals surface area contributed by atoms with Gasteiger partial charge in [0.25, 0.3) is 0 Å². The number of carbonyl (C=O) groups excluding carboxylic acids is 1. The Kier molecular flexibility index (Phi) is 3.55. The maximum atomic E-state index is 11.1. The molecular formula is C14H20N4O. The van der Waals surface area contributed by atoms with E-state index in [2.05, 4.69) is 36.4 Å². The minimum Gasteiger partial charge on any atom is -0.356 e. The number of nitrogens with zero attached hydrogens (tertiary/aromatic N) is 3. The summed E-state index contributed by atoms with van der Waals surface area (Å²) in [6.07, 6.45) is 0. The van der Waals surface area contributed by atoms with Crippen molar-refractivity contribution >= 4 is 16.9 Å². The van der Waals surface area contributed by atoms with E-state index in [4.69, 9.17) is 0 Å². The number of amides is 1. The second-order valence-electron chi connectivity index (χ2n) is 5.60. The summed E-state index contributed by atoms with van der Waals surface area (Å²) in [5, 5.41) is 11.3. The molecule has 1 aromatic heterocycles. The zero-order chi connectivity index (χ0) is 14.0. The van der Waals surface area contributed by atoms with E-state index in [0.29, 0.717) is 6.54 Å². The molecule has 5 nitrogen and oxygen atoms in total. The third kappa shape index (κ3) is 2.75. The molecule has 1 amide bonds. The number of rotatable bonds is 4. The molecule has 1 N–H and O–H groups in total. The van der Waals surface area contributed by atoms with E-state index in [-0.39, 0.29) is 17.4 Å². The van der Waals surface area contributed by atoms with Gasteiger partial charge in [-0.25, -0.2) is 4.68 Å². The maximum Gasteiger partial charge on any atom is 0.216 e. The van der Waals surface area contributed by atoms with Gasteiger partial charge in [-0.3, -0.25) is 4.79 Å². The molecule has 0 saturated heterocycles. The van der Waals surface area contributed by atoms with Crippen LogP contribution in [0.15, 0.2) is 24.3 Å². The normalized spacial score (nSPS) is 13.5. The van der Waals surface area contributed by atoms with Crippen molar-refractivity contribution < 1.29 is 4.79 Å². The summed E-state index contributed by atoms with van der Waals surface area (Å²) >= 11 is 0. The molecule has 5 heteroatoms. The van der Waals surface area contributed by atoms with Crippen LogP contribution in [-0.4, -0.2) is 27.4 Å². The summed E-state index contributed by atoms with van der Waals surface area (Å²) in [6, 6.07) is 8.03. The minimum atomic E-state index is -0.109. The molecular weight excluding hydrogens is 240 g/mol. The average molecular weight is 260 g/mol. The Balaban J connectivity index is 2.27. The number of nitrogens with one attached hydrogen (secondary N) is 1. The molecule has 0 fully saturated rings. The van der Waals surface area contributed by atoms with E-state index in [1.807, 2.05) is 28.9 Å². The smallest absolute Gasteiger partial charge is 0.216 e. The number of hydrogen-bond donors (Lipinski definition) is 1. The zero-order valence-electron chi connectivity index (χ0n) is 11.8. The highest BCUT2D eigenvalue weighted by molar-refractivity contribution is 5.74. The summed E-state index contributed by atoms with van der Waals surface area (Å²) in [5.41, 5.74) is 1.80. The molecule has 1 heterocycles. The number of fused-ring (bicyclic) bond motifs is 1. The number of aromatic nitrogens is 3. The van der Waals surface area contributed by atoms with Crippen molar-refractivity contribution in [1.82, 2.24) is 20.3 Å². The lowest BCUT2D eigenvalue weighted by Gasteiger charge is -2.32. The van der Waals surface area contributed by atoms with Crippen LogP contribution in [0.1, 0.15) is 33.7 Å². The van der Waals surface area contributed by atoms with Crippen LogP contribution in [0.5, 0.6) is 0 Å². The Labute approximate surface area is 113 Å². The number of para-hydroxylation sites is 1. The Bertz CT molecular complexity index is 588. The molecule has 0 bridgehead atoms. The lowest BCUT2D eigenvalue weighted by Crippen LogP contribution is -2.38. The summed E-state index contributed by atoms with van der Waals surface area (Å²) < 4.78 is 1.93. The van der Waals surface area contributed by atoms with Crippen molar-refractivity contribution in [2.75, 3.05) is 6.54 Å². The van der Waals surface area contributed by atoms with Crippen molar-refractivity contribution in [3.63, 3.8) is 0 Å². The van der Waals surface area contributed by atoms with Gasteiger partial charge in [0.1, 0.15) is 5.52 Å². The van der Waals surface area contributed by atoms with Crippen molar-refractivity contribution in [2.45, 2.75) is 33.7 Å². The fraction of sp³-hybridized carbons (Fsp3) is 0.500. The van der Waals surface area contributed by atoms with Crippen LogP contribution in [0.3, 0.4) is 0 Å². The van der Waals surface area contributed by atoms with E-state index < -0.39 is 0 Å². The maximum absolute atomic E-state index is 11.1. The minimum absolute atomic E-state index is 0.0104. The Morgan fingerprint density at radius 1 is 1.42 bits per heavy atom. The van der Waals surface area contributed by atoms with Crippen LogP contribution in [0, 0.1) is 5.41 Å². The van der Waals surface area contributed by atoms with Gasteiger partial charge in [0, 0.05) is 18.9 Å². The predicted molar refractivity (Wildman–Crippen MR) is 74.7 cm³/mol. The molecule has 0 aliphatic rings. The van der Waals surface area contributed by atoms with Gasteiger partial charge in [-0.05, 0) is 19.1 Å². The summed E-state index contributed by atoms with van der Waals surface area (Å²) in [4.78, 5) is 11.1. The van der Waals surface area contributed by atoms with E-state index in [1.165, 1.54) is 6.92 Å². The van der Waals surface area contributed by atoms with E-state index in [9.17, 15) is 4.79 Å². The topological polar surface area (TPSA) is 59.8 Å². The highest BCUT2D eigenvalue weighted by Gasteiger charge is 2.29. The molecule has 0 spiro atoms. The molecule has 0 aliphatic carbocycles. The SMILES string of the molecule is CC(=O)NCC(C)(C)C(C)n1nnc2ccccc21. The first kappa shape index (κ1) is 13.5. The second-order valence-corrected chi connectivity index (χ2v) is 5.60. The van der Waals surface area contributed by atoms with Gasteiger partial charge in [-0.15, -0.1) is 5.10 Å². The highest BCUT2D eigenvalue weighted by Crippen LogP contribution is 2.31. The molecule has 0 aliphatic heterocycles. The van der Waals surface area contributed by atoms with Crippen LogP contribution in [-0.2, 0) is 4.79 Å². The lowest BCUT2D eigenvalue weighted by atomic mass is 9.85. The highest BCUT2D eigenvalue weighted by atomic mass is 16.1. The predicted octanol–water partition coefficient (Wildman–Crippen LogP) is 2.15. The van der Waals surface area contributed by atoms with Gasteiger partial charge in [-0.1, -0.05) is 31.2 Å². The number of carbonyl (C=O) groups is 1. The molecule has 1 atom stereocenters. The van der Waals surface area contributed by atoms with Gasteiger partial charge >= 0.3 is 0 Å². The van der Waals surface area contributed by atoms with E-state index >= 15 is 0 Å². The molecule has 0 radical (unpaired) electrons. The first-order valence-electron chi connectivity index (χ1n) is 6.46. The largest absolute Gasteiger partial charge is 0.356 e. The van der Waals surface area contributed by atoms with Crippen LogP contribution < -0.4 is 5.32 Å². The summed E-state index contributed by atoms with van der Waals surface area (Å²) in [5.74, 6) is -0.0104. The van der Waals surface area contributed by atoms with E-state index in [1.54, 1.807) is 0 Å². The Morgan fingerprint density at radius 3 is 2.79 bits per heavy atom. The molecule has 102 valence electrons. The third-order valence-corrected chi connectivity index (χ3v) is 3.67. The molecule has 2 aromatic rings. The number of hydrogen-bond acceptors (Lipinski definition) is 3. The summed E-state index contributed by atoms with van der Waals surface area (Å²) in [6.45, 7) is 8.47. The first-order chi connectivity index (χ1) is 8.92. The van der Waals surface area contributed by atoms with Gasteiger partial charge in [0.2, 0.25) is 5.91 Å². The van der Waals surface area contributed by atoms with Crippen LogP contribution >= 0.6 is 0 Å². The Hall–Kier alpha value is -1.91. The van der Waals surface area contributed by atoms with Crippen LogP contribution in [0.2, 0.25) is 0 Å². The van der Waals surface area contributed by atoms with Gasteiger partial charge in [0.15, 0.2) is 0 Å². The van der Waals surface area contributed by atoms with Gasteiger partial charge < -0.3 is 5.32 Å². The first-order valence-corrected chi connectivity index (χ1v) is 6.46. The summed E-state index contributed by atoms with van der Waals surface area (Å²) in [7, 11) is 0. The quantitative estimate of drug-likeness (QED) is 0.916. The molecule has 2 rings (SSSR count). The van der Waals surface area contributed by atoms with Crippen LogP contribution in [0.4, 0.5) is 0 Å². The van der Waals surface area contributed by atoms with Crippen LogP contribution in [0.25, 0.3) is 11.0 Å².